The molecule has 1 rings (SSSR count). The van der Waals surface area contributed by atoms with E-state index >= 15 is 0 Å². The van der Waals surface area contributed by atoms with E-state index in [-0.39, 0.29) is 5.56 Å². The second kappa shape index (κ2) is 5.16. The van der Waals surface area contributed by atoms with Gasteiger partial charge in [-0.3, -0.25) is 4.79 Å². The lowest BCUT2D eigenvalue weighted by molar-refractivity contribution is -0.0885. The summed E-state index contributed by atoms with van der Waals surface area (Å²) in [6.45, 7) is 1.12. The summed E-state index contributed by atoms with van der Waals surface area (Å²) in [5, 5.41) is 0. The molecule has 0 aliphatic carbocycles. The van der Waals surface area contributed by atoms with Gasteiger partial charge in [-0.05, 0) is 25.5 Å². The number of alkyl halides is 3. The lowest BCUT2D eigenvalue weighted by Crippen LogP contribution is -2.22. The van der Waals surface area contributed by atoms with Gasteiger partial charge in [0.05, 0.1) is 0 Å². The Morgan fingerprint density at radius 2 is 2.06 bits per heavy atom. The van der Waals surface area contributed by atoms with E-state index in [2.05, 4.69) is 0 Å². The monoisotopic (exact) mass is 234 g/mol. The molecule has 2 N–H and O–H groups in total. The lowest BCUT2D eigenvalue weighted by Gasteiger charge is -2.03. The molecule has 0 saturated heterocycles. The van der Waals surface area contributed by atoms with Crippen LogP contribution in [0.5, 0.6) is 0 Å². The van der Waals surface area contributed by atoms with Crippen LogP contribution in [0.25, 0.3) is 0 Å². The molecule has 0 bridgehead atoms. The third-order valence-corrected chi connectivity index (χ3v) is 2.14. The molecule has 0 aliphatic heterocycles. The minimum atomic E-state index is -4.80. The number of ketones is 1. The minimum Gasteiger partial charge on any atom is -0.354 e. The number of aryl methyl sites for hydroxylation is 1. The van der Waals surface area contributed by atoms with Crippen molar-refractivity contribution in [3.63, 3.8) is 0 Å². The largest absolute Gasteiger partial charge is 0.454 e. The first-order valence-electron chi connectivity index (χ1n) is 4.92. The van der Waals surface area contributed by atoms with E-state index in [4.69, 9.17) is 5.73 Å². The second-order valence-corrected chi connectivity index (χ2v) is 3.46. The van der Waals surface area contributed by atoms with E-state index < -0.39 is 12.0 Å². The Hall–Kier alpha value is -1.30. The number of hydrogen-bond donors (Lipinski definition) is 1. The predicted octanol–water partition coefficient (Wildman–Crippen LogP) is 1.97. The number of carbonyl (C=O) groups excluding carboxylic acids is 1. The van der Waals surface area contributed by atoms with Gasteiger partial charge in [-0.15, -0.1) is 0 Å². The lowest BCUT2D eigenvalue weighted by atomic mass is 10.2. The van der Waals surface area contributed by atoms with Gasteiger partial charge in [-0.1, -0.05) is 0 Å². The molecule has 0 aliphatic rings. The Balaban J connectivity index is 2.61. The van der Waals surface area contributed by atoms with Gasteiger partial charge in [0, 0.05) is 24.5 Å². The molecule has 0 radical (unpaired) electrons. The number of carbonyl (C=O) groups is 1. The Morgan fingerprint density at radius 1 is 1.38 bits per heavy atom. The Kier molecular flexibility index (Phi) is 4.12. The van der Waals surface area contributed by atoms with E-state index in [0.717, 1.165) is 12.8 Å². The minimum absolute atomic E-state index is 0.319. The number of nitrogens with zero attached hydrogens (tertiary/aromatic N) is 1. The van der Waals surface area contributed by atoms with Crippen LogP contribution in [0.1, 0.15) is 23.2 Å². The summed E-state index contributed by atoms with van der Waals surface area (Å²) in [7, 11) is 0. The van der Waals surface area contributed by atoms with Gasteiger partial charge in [-0.25, -0.2) is 0 Å². The van der Waals surface area contributed by atoms with Crippen molar-refractivity contribution in [3.05, 3.63) is 24.0 Å². The number of nitrogens with two attached hydrogens (primary N) is 1. The maximum Gasteiger partial charge on any atom is 0.454 e. The number of hydrogen-bond acceptors (Lipinski definition) is 2. The van der Waals surface area contributed by atoms with Gasteiger partial charge in [0.2, 0.25) is 0 Å². The molecule has 0 amide bonds. The first-order valence-corrected chi connectivity index (χ1v) is 4.92. The molecule has 0 spiro atoms. The molecule has 0 fully saturated rings. The number of Topliss-reactive ketones (excluding diaryl/α,β-unsaturated/α-hetero) is 1. The zero-order chi connectivity index (χ0) is 12.2. The quantitative estimate of drug-likeness (QED) is 0.625. The van der Waals surface area contributed by atoms with Gasteiger partial charge in [0.25, 0.3) is 5.78 Å². The standard InChI is InChI=1S/C10H13F3N2O/c11-10(12,13)9(16)8-3-6-15(7-8)5-2-1-4-14/h3,6-7H,1-2,4-5,14H2. The van der Waals surface area contributed by atoms with Crippen LogP contribution in [0.15, 0.2) is 18.5 Å². The highest BCUT2D eigenvalue weighted by Crippen LogP contribution is 2.21. The molecular weight excluding hydrogens is 221 g/mol. The van der Waals surface area contributed by atoms with Crippen LogP contribution in [0.3, 0.4) is 0 Å². The maximum atomic E-state index is 12.1. The molecule has 90 valence electrons. The van der Waals surface area contributed by atoms with Crippen LogP contribution >= 0.6 is 0 Å². The van der Waals surface area contributed by atoms with Gasteiger partial charge >= 0.3 is 6.18 Å². The number of aromatic nitrogens is 1. The molecule has 0 saturated carbocycles. The fourth-order valence-electron chi connectivity index (χ4n) is 1.32. The van der Waals surface area contributed by atoms with Gasteiger partial charge in [0.1, 0.15) is 0 Å². The maximum absolute atomic E-state index is 12.1. The topological polar surface area (TPSA) is 48.0 Å². The average Bonchev–Trinajstić information content (AvgIpc) is 2.64. The highest BCUT2D eigenvalue weighted by Gasteiger charge is 2.39. The molecule has 1 aromatic rings. The third-order valence-electron chi connectivity index (χ3n) is 2.14. The Morgan fingerprint density at radius 3 is 2.62 bits per heavy atom. The van der Waals surface area contributed by atoms with E-state index in [1.54, 1.807) is 4.57 Å². The van der Waals surface area contributed by atoms with Gasteiger partial charge in [0.15, 0.2) is 0 Å². The first kappa shape index (κ1) is 12.8. The van der Waals surface area contributed by atoms with Crippen LogP contribution in [-0.4, -0.2) is 23.1 Å². The van der Waals surface area contributed by atoms with Crippen LogP contribution in [0, 0.1) is 0 Å². The average molecular weight is 234 g/mol. The molecule has 0 unspecified atom stereocenters. The van der Waals surface area contributed by atoms with Crippen molar-refractivity contribution in [1.29, 1.82) is 0 Å². The van der Waals surface area contributed by atoms with Crippen molar-refractivity contribution in [2.24, 2.45) is 5.73 Å². The van der Waals surface area contributed by atoms with Crippen molar-refractivity contribution >= 4 is 5.78 Å². The van der Waals surface area contributed by atoms with Crippen LogP contribution in [-0.2, 0) is 6.54 Å². The van der Waals surface area contributed by atoms with Crippen LogP contribution in [0.2, 0.25) is 0 Å². The van der Waals surface area contributed by atoms with Crippen molar-refractivity contribution in [2.75, 3.05) is 6.54 Å². The zero-order valence-electron chi connectivity index (χ0n) is 8.63. The fourth-order valence-corrected chi connectivity index (χ4v) is 1.32. The molecule has 16 heavy (non-hydrogen) atoms. The molecule has 0 aromatic carbocycles. The molecule has 1 heterocycles. The smallest absolute Gasteiger partial charge is 0.354 e. The highest BCUT2D eigenvalue weighted by molar-refractivity contribution is 6.00. The summed E-state index contributed by atoms with van der Waals surface area (Å²) in [4.78, 5) is 10.9. The SMILES string of the molecule is NCCCCn1ccc(C(=O)C(F)(F)F)c1. The molecular formula is C10H13F3N2O. The van der Waals surface area contributed by atoms with Crippen molar-refractivity contribution < 1.29 is 18.0 Å². The summed E-state index contributed by atoms with van der Waals surface area (Å²) < 4.78 is 37.8. The van der Waals surface area contributed by atoms with E-state index in [9.17, 15) is 18.0 Å². The van der Waals surface area contributed by atoms with Gasteiger partial charge in [-0.2, -0.15) is 13.2 Å². The highest BCUT2D eigenvalue weighted by atomic mass is 19.4. The summed E-state index contributed by atoms with van der Waals surface area (Å²) >= 11 is 0. The molecule has 6 heteroatoms. The third kappa shape index (κ3) is 3.37. The Bertz CT molecular complexity index is 357. The van der Waals surface area contributed by atoms with Crippen molar-refractivity contribution in [3.8, 4) is 0 Å². The van der Waals surface area contributed by atoms with E-state index in [1.165, 1.54) is 18.5 Å². The van der Waals surface area contributed by atoms with E-state index in [1.807, 2.05) is 0 Å². The van der Waals surface area contributed by atoms with Crippen molar-refractivity contribution in [2.45, 2.75) is 25.6 Å². The number of unbranched alkanes of at least 4 members (excludes halogenated alkanes) is 1. The van der Waals surface area contributed by atoms with Crippen molar-refractivity contribution in [1.82, 2.24) is 4.57 Å². The molecule has 0 atom stereocenters. The van der Waals surface area contributed by atoms with Crippen LogP contribution < -0.4 is 5.73 Å². The second-order valence-electron chi connectivity index (χ2n) is 3.46. The van der Waals surface area contributed by atoms with Gasteiger partial charge < -0.3 is 10.3 Å². The van der Waals surface area contributed by atoms with Crippen LogP contribution in [0.4, 0.5) is 13.2 Å². The summed E-state index contributed by atoms with van der Waals surface area (Å²) in [6.07, 6.45) is -0.531. The first-order chi connectivity index (χ1) is 7.45. The molecule has 1 aromatic heterocycles. The summed E-state index contributed by atoms with van der Waals surface area (Å²) in [6, 6.07) is 1.18. The Labute approximate surface area is 91.0 Å². The van der Waals surface area contributed by atoms with E-state index in [0.29, 0.717) is 13.1 Å². The summed E-state index contributed by atoms with van der Waals surface area (Å²) in [5.74, 6) is -1.80. The summed E-state index contributed by atoms with van der Waals surface area (Å²) in [5.41, 5.74) is 4.97. The normalized spacial score (nSPS) is 11.8. The fraction of sp³-hybridized carbons (Fsp3) is 0.500. The predicted molar refractivity (Wildman–Crippen MR) is 53.1 cm³/mol. The number of halogens is 3. The molecule has 3 nitrogen and oxygen atoms in total. The zero-order valence-corrected chi connectivity index (χ0v) is 8.63. The number of rotatable bonds is 5.